The Kier molecular flexibility index (Phi) is 7.86. The average molecular weight is 299 g/mol. The van der Waals surface area contributed by atoms with Gasteiger partial charge < -0.3 is 0 Å². The Bertz CT molecular complexity index is 428. The molecular weight excluding hydrogens is 264 g/mol. The van der Waals surface area contributed by atoms with Crippen molar-refractivity contribution in [3.63, 3.8) is 0 Å². The zero-order valence-corrected chi connectivity index (χ0v) is 14.8. The molecule has 0 nitrogen and oxygen atoms in total. The summed E-state index contributed by atoms with van der Waals surface area (Å²) >= 11 is 0. The number of allylic oxidation sites excluding steroid dienone is 4. The highest BCUT2D eigenvalue weighted by atomic mass is 14.3. The summed E-state index contributed by atoms with van der Waals surface area (Å²) in [6, 6.07) is 0. The van der Waals surface area contributed by atoms with Crippen molar-refractivity contribution in [1.82, 2.24) is 0 Å². The van der Waals surface area contributed by atoms with Gasteiger partial charge in [-0.25, -0.2) is 0 Å². The second-order valence-electron chi connectivity index (χ2n) is 7.11. The molecule has 0 unspecified atom stereocenters. The number of hydrogen-bond acceptors (Lipinski definition) is 0. The van der Waals surface area contributed by atoms with E-state index in [1.54, 1.807) is 11.1 Å². The minimum absolute atomic E-state index is 0.804. The smallest absolute Gasteiger partial charge is 0.0305 e. The van der Waals surface area contributed by atoms with Gasteiger partial charge in [0.1, 0.15) is 0 Å². The van der Waals surface area contributed by atoms with Gasteiger partial charge >= 0.3 is 0 Å². The van der Waals surface area contributed by atoms with E-state index in [9.17, 15) is 0 Å². The van der Waals surface area contributed by atoms with Gasteiger partial charge in [-0.05, 0) is 56.4 Å². The predicted molar refractivity (Wildman–Crippen MR) is 97.7 cm³/mol. The van der Waals surface area contributed by atoms with Gasteiger partial charge in [0.05, 0.1) is 0 Å². The van der Waals surface area contributed by atoms with Crippen LogP contribution in [0.1, 0.15) is 90.9 Å². The van der Waals surface area contributed by atoms with Crippen molar-refractivity contribution in [2.24, 2.45) is 11.8 Å². The Hall–Kier alpha value is -0.960. The highest BCUT2D eigenvalue weighted by Crippen LogP contribution is 2.35. The molecule has 0 aliphatic heterocycles. The van der Waals surface area contributed by atoms with Crippen LogP contribution in [-0.4, -0.2) is 0 Å². The van der Waals surface area contributed by atoms with Gasteiger partial charge in [0, 0.05) is 6.42 Å². The Morgan fingerprint density at radius 3 is 2.05 bits per heavy atom. The zero-order valence-electron chi connectivity index (χ0n) is 14.8. The fourth-order valence-electron chi connectivity index (χ4n) is 4.21. The molecule has 0 atom stereocenters. The molecule has 22 heavy (non-hydrogen) atoms. The van der Waals surface area contributed by atoms with E-state index in [4.69, 9.17) is 0 Å². The van der Waals surface area contributed by atoms with E-state index in [0.717, 1.165) is 18.3 Å². The van der Waals surface area contributed by atoms with Crippen molar-refractivity contribution in [2.75, 3.05) is 0 Å². The lowest BCUT2D eigenvalue weighted by molar-refractivity contribution is 0.393. The molecule has 2 rings (SSSR count). The van der Waals surface area contributed by atoms with E-state index in [1.165, 1.54) is 70.6 Å². The van der Waals surface area contributed by atoms with Crippen molar-refractivity contribution < 1.29 is 0 Å². The maximum atomic E-state index is 3.35. The lowest BCUT2D eigenvalue weighted by atomic mass is 9.78. The quantitative estimate of drug-likeness (QED) is 0.386. The zero-order chi connectivity index (χ0) is 15.6. The minimum Gasteiger partial charge on any atom is -0.106 e. The third-order valence-electron chi connectivity index (χ3n) is 5.47. The first-order valence-corrected chi connectivity index (χ1v) is 9.65. The molecule has 0 spiro atoms. The van der Waals surface area contributed by atoms with Crippen molar-refractivity contribution in [3.05, 3.63) is 23.3 Å². The fraction of sp³-hybridized carbons (Fsp3) is 0.727. The molecule has 2 saturated carbocycles. The molecule has 0 bridgehead atoms. The predicted octanol–water partition coefficient (Wildman–Crippen LogP) is 6.82. The number of hydrogen-bond donors (Lipinski definition) is 0. The summed E-state index contributed by atoms with van der Waals surface area (Å²) in [6.07, 6.45) is 21.4. The third-order valence-corrected chi connectivity index (χ3v) is 5.47. The first-order chi connectivity index (χ1) is 10.8. The standard InChI is InChI=1S/C22H34/c1-3-5-13-22(20-16-10-7-11-17-20)18-21(12-4-2)19-14-8-6-9-15-19/h12,18-20H,4,6-11,13-17H2,1-2H3/b21-12+,22-18+. The second-order valence-corrected chi connectivity index (χ2v) is 7.11. The van der Waals surface area contributed by atoms with Crippen LogP contribution >= 0.6 is 0 Å². The van der Waals surface area contributed by atoms with E-state index >= 15 is 0 Å². The molecule has 122 valence electrons. The summed E-state index contributed by atoms with van der Waals surface area (Å²) < 4.78 is 0. The minimum atomic E-state index is 0.804. The van der Waals surface area contributed by atoms with Gasteiger partial charge in [-0.3, -0.25) is 0 Å². The summed E-state index contributed by atoms with van der Waals surface area (Å²) in [6.45, 7) is 4.26. The summed E-state index contributed by atoms with van der Waals surface area (Å²) in [5.41, 5.74) is 3.28. The van der Waals surface area contributed by atoms with Crippen LogP contribution < -0.4 is 0 Å². The van der Waals surface area contributed by atoms with Crippen LogP contribution in [-0.2, 0) is 0 Å². The monoisotopic (exact) mass is 298 g/mol. The maximum absolute atomic E-state index is 3.35. The normalized spacial score (nSPS) is 22.3. The summed E-state index contributed by atoms with van der Waals surface area (Å²) in [5.74, 6) is 8.09. The Labute approximate surface area is 138 Å². The second kappa shape index (κ2) is 9.94. The molecule has 0 radical (unpaired) electrons. The molecule has 0 amide bonds. The van der Waals surface area contributed by atoms with Crippen LogP contribution in [0, 0.1) is 23.7 Å². The molecule has 0 heterocycles. The van der Waals surface area contributed by atoms with Gasteiger partial charge in [0.15, 0.2) is 0 Å². The molecule has 0 heteroatoms. The van der Waals surface area contributed by atoms with E-state index in [-0.39, 0.29) is 0 Å². The maximum Gasteiger partial charge on any atom is 0.0305 e. The fourth-order valence-corrected chi connectivity index (χ4v) is 4.21. The van der Waals surface area contributed by atoms with E-state index in [0.29, 0.717) is 0 Å². The highest BCUT2D eigenvalue weighted by molar-refractivity contribution is 5.30. The summed E-state index contributed by atoms with van der Waals surface area (Å²) in [4.78, 5) is 0. The van der Waals surface area contributed by atoms with Gasteiger partial charge in [-0.15, -0.1) is 5.92 Å². The first kappa shape index (κ1) is 17.4. The molecule has 2 aliphatic rings. The van der Waals surface area contributed by atoms with Gasteiger partial charge in [-0.1, -0.05) is 69.1 Å². The SMILES string of the molecule is CC#CC/C(=C\C(=C/CC)C1CCCCC1)C1CCCCC1. The summed E-state index contributed by atoms with van der Waals surface area (Å²) in [7, 11) is 0. The van der Waals surface area contributed by atoms with Crippen molar-refractivity contribution in [1.29, 1.82) is 0 Å². The van der Waals surface area contributed by atoms with Gasteiger partial charge in [0.2, 0.25) is 0 Å². The Morgan fingerprint density at radius 2 is 1.50 bits per heavy atom. The molecule has 0 aromatic rings. The average Bonchev–Trinajstić information content (AvgIpc) is 2.59. The molecule has 2 aliphatic carbocycles. The lowest BCUT2D eigenvalue weighted by Gasteiger charge is -2.27. The van der Waals surface area contributed by atoms with Crippen LogP contribution in [0.25, 0.3) is 0 Å². The van der Waals surface area contributed by atoms with E-state index < -0.39 is 0 Å². The molecule has 0 aromatic carbocycles. The molecule has 0 aromatic heterocycles. The third kappa shape index (κ3) is 5.35. The molecule has 0 N–H and O–H groups in total. The highest BCUT2D eigenvalue weighted by Gasteiger charge is 2.20. The van der Waals surface area contributed by atoms with Gasteiger partial charge in [0.25, 0.3) is 0 Å². The van der Waals surface area contributed by atoms with Crippen LogP contribution in [0.2, 0.25) is 0 Å². The largest absolute Gasteiger partial charge is 0.106 e. The van der Waals surface area contributed by atoms with Crippen molar-refractivity contribution in [3.8, 4) is 11.8 Å². The van der Waals surface area contributed by atoms with Crippen molar-refractivity contribution >= 4 is 0 Å². The van der Waals surface area contributed by atoms with Crippen molar-refractivity contribution in [2.45, 2.75) is 90.9 Å². The van der Waals surface area contributed by atoms with Crippen LogP contribution in [0.3, 0.4) is 0 Å². The Balaban J connectivity index is 2.17. The molecule has 0 saturated heterocycles. The molecule has 2 fully saturated rings. The van der Waals surface area contributed by atoms with Crippen LogP contribution in [0.15, 0.2) is 23.3 Å². The molecular formula is C22H34. The summed E-state index contributed by atoms with van der Waals surface area (Å²) in [5, 5.41) is 0. The van der Waals surface area contributed by atoms with Crippen LogP contribution in [0.4, 0.5) is 0 Å². The van der Waals surface area contributed by atoms with Crippen LogP contribution in [0.5, 0.6) is 0 Å². The van der Waals surface area contributed by atoms with E-state index in [2.05, 4.69) is 30.9 Å². The van der Waals surface area contributed by atoms with E-state index in [1.807, 2.05) is 6.92 Å². The lowest BCUT2D eigenvalue weighted by Crippen LogP contribution is -2.12. The first-order valence-electron chi connectivity index (χ1n) is 9.65. The number of rotatable bonds is 5. The topological polar surface area (TPSA) is 0 Å². The Morgan fingerprint density at radius 1 is 0.909 bits per heavy atom. The van der Waals surface area contributed by atoms with Gasteiger partial charge in [-0.2, -0.15) is 0 Å².